The zero-order valence-electron chi connectivity index (χ0n) is 10.2. The van der Waals surface area contributed by atoms with Crippen molar-refractivity contribution in [2.24, 2.45) is 17.8 Å². The van der Waals surface area contributed by atoms with Gasteiger partial charge in [-0.3, -0.25) is 4.79 Å². The molecule has 4 unspecified atom stereocenters. The quantitative estimate of drug-likeness (QED) is 0.872. The smallest absolute Gasteiger partial charge is 0.254 e. The summed E-state index contributed by atoms with van der Waals surface area (Å²) < 4.78 is 4.93. The molecule has 2 aliphatic carbocycles. The van der Waals surface area contributed by atoms with Crippen LogP contribution < -0.4 is 5.32 Å². The van der Waals surface area contributed by atoms with E-state index in [4.69, 9.17) is 4.42 Å². The predicted octanol–water partition coefficient (Wildman–Crippen LogP) is 2.83. The van der Waals surface area contributed by atoms with Crippen molar-refractivity contribution in [3.63, 3.8) is 0 Å². The highest BCUT2D eigenvalue weighted by atomic mass is 16.3. The number of amides is 1. The third-order valence-electron chi connectivity index (χ3n) is 4.58. The van der Waals surface area contributed by atoms with Gasteiger partial charge in [-0.15, -0.1) is 0 Å². The average Bonchev–Trinajstić information content (AvgIpc) is 3.05. The first-order valence-electron chi connectivity index (χ1n) is 6.57. The second-order valence-corrected chi connectivity index (χ2v) is 5.61. The molecule has 17 heavy (non-hydrogen) atoms. The lowest BCUT2D eigenvalue weighted by atomic mass is 9.84. The molecule has 0 aromatic carbocycles. The van der Waals surface area contributed by atoms with E-state index in [0.29, 0.717) is 11.5 Å². The summed E-state index contributed by atoms with van der Waals surface area (Å²) in [5, 5.41) is 3.11. The highest BCUT2D eigenvalue weighted by molar-refractivity contribution is 5.93. The van der Waals surface area contributed by atoms with Crippen molar-refractivity contribution in [3.05, 3.63) is 24.2 Å². The Kier molecular flexibility index (Phi) is 2.69. The van der Waals surface area contributed by atoms with E-state index in [0.717, 1.165) is 11.8 Å². The summed E-state index contributed by atoms with van der Waals surface area (Å²) in [5.74, 6) is 2.46. The summed E-state index contributed by atoms with van der Waals surface area (Å²) in [7, 11) is 0. The minimum atomic E-state index is -0.00553. The lowest BCUT2D eigenvalue weighted by molar-refractivity contribution is 0.0914. The van der Waals surface area contributed by atoms with E-state index in [2.05, 4.69) is 12.2 Å². The Morgan fingerprint density at radius 1 is 1.47 bits per heavy atom. The Morgan fingerprint density at radius 2 is 2.35 bits per heavy atom. The standard InChI is InChI=1S/C14H19NO2/c1-9(13-7-10-2-3-11(13)6-10)15-14(16)12-4-5-17-8-12/h4-5,8-11,13H,2-3,6-7H2,1H3,(H,15,16). The van der Waals surface area contributed by atoms with Gasteiger partial charge in [0.1, 0.15) is 6.26 Å². The Balaban J connectivity index is 1.60. The molecule has 2 saturated carbocycles. The topological polar surface area (TPSA) is 42.2 Å². The molecule has 1 heterocycles. The molecule has 1 amide bonds. The molecule has 3 rings (SSSR count). The first-order valence-corrected chi connectivity index (χ1v) is 6.57. The van der Waals surface area contributed by atoms with E-state index in [1.165, 1.54) is 38.2 Å². The third-order valence-corrected chi connectivity index (χ3v) is 4.58. The molecule has 1 aromatic heterocycles. The van der Waals surface area contributed by atoms with Gasteiger partial charge < -0.3 is 9.73 Å². The number of carbonyl (C=O) groups is 1. The van der Waals surface area contributed by atoms with Crippen LogP contribution in [0, 0.1) is 17.8 Å². The molecule has 2 fully saturated rings. The molecule has 0 aliphatic heterocycles. The first-order chi connectivity index (χ1) is 8.24. The van der Waals surface area contributed by atoms with E-state index >= 15 is 0 Å². The zero-order chi connectivity index (χ0) is 11.8. The molecule has 2 aliphatic rings. The number of furan rings is 1. The van der Waals surface area contributed by atoms with Gasteiger partial charge in [0, 0.05) is 6.04 Å². The number of carbonyl (C=O) groups excluding carboxylic acids is 1. The summed E-state index contributed by atoms with van der Waals surface area (Å²) in [6.45, 7) is 2.14. The summed E-state index contributed by atoms with van der Waals surface area (Å²) in [4.78, 5) is 11.9. The van der Waals surface area contributed by atoms with E-state index in [1.807, 2.05) is 0 Å². The van der Waals surface area contributed by atoms with Crippen molar-refractivity contribution >= 4 is 5.91 Å². The third kappa shape index (κ3) is 1.99. The molecule has 3 nitrogen and oxygen atoms in total. The van der Waals surface area contributed by atoms with Crippen LogP contribution in [0.25, 0.3) is 0 Å². The number of rotatable bonds is 3. The van der Waals surface area contributed by atoms with Crippen LogP contribution in [0.2, 0.25) is 0 Å². The predicted molar refractivity (Wildman–Crippen MR) is 64.6 cm³/mol. The van der Waals surface area contributed by atoms with Crippen LogP contribution in [0.3, 0.4) is 0 Å². The molecular weight excluding hydrogens is 214 g/mol. The number of hydrogen-bond donors (Lipinski definition) is 1. The SMILES string of the molecule is CC(NC(=O)c1ccoc1)C1CC2CCC1C2. The van der Waals surface area contributed by atoms with Gasteiger partial charge in [-0.1, -0.05) is 6.42 Å². The molecular formula is C14H19NO2. The van der Waals surface area contributed by atoms with Crippen molar-refractivity contribution in [1.82, 2.24) is 5.32 Å². The maximum Gasteiger partial charge on any atom is 0.254 e. The second kappa shape index (κ2) is 4.21. The van der Waals surface area contributed by atoms with Crippen LogP contribution in [0.4, 0.5) is 0 Å². The van der Waals surface area contributed by atoms with Gasteiger partial charge in [0.05, 0.1) is 11.8 Å². The number of nitrogens with one attached hydrogen (secondary N) is 1. The fourth-order valence-corrected chi connectivity index (χ4v) is 3.70. The van der Waals surface area contributed by atoms with Crippen LogP contribution in [0.5, 0.6) is 0 Å². The van der Waals surface area contributed by atoms with Gasteiger partial charge in [-0.2, -0.15) is 0 Å². The molecule has 3 heteroatoms. The lowest BCUT2D eigenvalue weighted by Gasteiger charge is -2.28. The minimum absolute atomic E-state index is 0.00553. The summed E-state index contributed by atoms with van der Waals surface area (Å²) >= 11 is 0. The molecule has 2 bridgehead atoms. The molecule has 0 radical (unpaired) electrons. The minimum Gasteiger partial charge on any atom is -0.472 e. The monoisotopic (exact) mass is 233 g/mol. The van der Waals surface area contributed by atoms with Crippen molar-refractivity contribution in [3.8, 4) is 0 Å². The van der Waals surface area contributed by atoms with Gasteiger partial charge in [-0.05, 0) is 50.0 Å². The Hall–Kier alpha value is -1.25. The zero-order valence-corrected chi connectivity index (χ0v) is 10.2. The van der Waals surface area contributed by atoms with Crippen molar-refractivity contribution in [2.45, 2.75) is 38.6 Å². The first kappa shape index (κ1) is 10.9. The summed E-state index contributed by atoms with van der Waals surface area (Å²) in [6.07, 6.45) is 8.50. The molecule has 1 N–H and O–H groups in total. The second-order valence-electron chi connectivity index (χ2n) is 5.61. The van der Waals surface area contributed by atoms with E-state index in [-0.39, 0.29) is 11.9 Å². The summed E-state index contributed by atoms with van der Waals surface area (Å²) in [5.41, 5.74) is 0.625. The Labute approximate surface area is 102 Å². The van der Waals surface area contributed by atoms with Gasteiger partial charge in [0.25, 0.3) is 5.91 Å². The van der Waals surface area contributed by atoms with E-state index in [9.17, 15) is 4.79 Å². The Bertz CT molecular complexity index is 398. The molecule has 0 saturated heterocycles. The maximum atomic E-state index is 11.9. The van der Waals surface area contributed by atoms with Crippen LogP contribution in [0.15, 0.2) is 23.0 Å². The van der Waals surface area contributed by atoms with Crippen LogP contribution in [-0.2, 0) is 0 Å². The summed E-state index contributed by atoms with van der Waals surface area (Å²) in [6, 6.07) is 2.00. The maximum absolute atomic E-state index is 11.9. The van der Waals surface area contributed by atoms with Gasteiger partial charge in [-0.25, -0.2) is 0 Å². The van der Waals surface area contributed by atoms with Crippen LogP contribution in [-0.4, -0.2) is 11.9 Å². The van der Waals surface area contributed by atoms with Crippen LogP contribution >= 0.6 is 0 Å². The number of hydrogen-bond acceptors (Lipinski definition) is 2. The normalized spacial score (nSPS) is 32.6. The van der Waals surface area contributed by atoms with Crippen molar-refractivity contribution < 1.29 is 9.21 Å². The largest absolute Gasteiger partial charge is 0.472 e. The van der Waals surface area contributed by atoms with Gasteiger partial charge in [0.2, 0.25) is 0 Å². The van der Waals surface area contributed by atoms with Crippen molar-refractivity contribution in [2.75, 3.05) is 0 Å². The van der Waals surface area contributed by atoms with Gasteiger partial charge >= 0.3 is 0 Å². The Morgan fingerprint density at radius 3 is 2.94 bits per heavy atom. The highest BCUT2D eigenvalue weighted by Crippen LogP contribution is 2.49. The van der Waals surface area contributed by atoms with Gasteiger partial charge in [0.15, 0.2) is 0 Å². The molecule has 1 aromatic rings. The van der Waals surface area contributed by atoms with E-state index < -0.39 is 0 Å². The molecule has 4 atom stereocenters. The fourth-order valence-electron chi connectivity index (χ4n) is 3.70. The molecule has 92 valence electrons. The average molecular weight is 233 g/mol. The van der Waals surface area contributed by atoms with E-state index in [1.54, 1.807) is 6.07 Å². The number of fused-ring (bicyclic) bond motifs is 2. The molecule has 0 spiro atoms. The van der Waals surface area contributed by atoms with Crippen molar-refractivity contribution in [1.29, 1.82) is 0 Å². The van der Waals surface area contributed by atoms with Crippen LogP contribution in [0.1, 0.15) is 43.0 Å². The lowest BCUT2D eigenvalue weighted by Crippen LogP contribution is -2.39. The fraction of sp³-hybridized carbons (Fsp3) is 0.643. The highest BCUT2D eigenvalue weighted by Gasteiger charge is 2.42.